The standard InChI is InChI=1S/C24H21ClFN5O3/c1-12-16(10-30-23-22(12)28-5-6-33-23)15-7-14-8-19(29-11-17(14)20(25)21(15)26)31-24(32)34-18-4-2-3-13(18)9-27/h7-8,10-11,13,18,28H,2-6H2,1H3,(H,29,31,32). The fourth-order valence-corrected chi connectivity index (χ4v) is 4.73. The molecule has 2 N–H and O–H groups in total. The minimum absolute atomic E-state index is 0.0710. The molecule has 1 aliphatic heterocycles. The predicted octanol–water partition coefficient (Wildman–Crippen LogP) is 5.44. The fourth-order valence-electron chi connectivity index (χ4n) is 4.47. The summed E-state index contributed by atoms with van der Waals surface area (Å²) in [5, 5.41) is 15.9. The minimum atomic E-state index is -0.687. The number of anilines is 2. The lowest BCUT2D eigenvalue weighted by atomic mass is 9.98. The van der Waals surface area contributed by atoms with E-state index in [4.69, 9.17) is 21.1 Å². The Balaban J connectivity index is 1.47. The molecule has 3 aromatic rings. The van der Waals surface area contributed by atoms with Crippen LogP contribution in [0.3, 0.4) is 0 Å². The summed E-state index contributed by atoms with van der Waals surface area (Å²) in [6, 6.07) is 5.43. The number of aromatic nitrogens is 2. The van der Waals surface area contributed by atoms with Gasteiger partial charge in [-0.1, -0.05) is 11.6 Å². The van der Waals surface area contributed by atoms with Crippen molar-refractivity contribution in [2.75, 3.05) is 23.8 Å². The highest BCUT2D eigenvalue weighted by Crippen LogP contribution is 2.40. The third-order valence-corrected chi connectivity index (χ3v) is 6.61. The van der Waals surface area contributed by atoms with Gasteiger partial charge >= 0.3 is 6.09 Å². The van der Waals surface area contributed by atoms with E-state index in [1.54, 1.807) is 18.3 Å². The number of hydrogen-bond donors (Lipinski definition) is 2. The molecule has 34 heavy (non-hydrogen) atoms. The summed E-state index contributed by atoms with van der Waals surface area (Å²) in [4.78, 5) is 20.9. The van der Waals surface area contributed by atoms with Crippen molar-refractivity contribution in [3.63, 3.8) is 0 Å². The van der Waals surface area contributed by atoms with E-state index in [2.05, 4.69) is 26.7 Å². The van der Waals surface area contributed by atoms with E-state index in [-0.39, 0.29) is 22.3 Å². The van der Waals surface area contributed by atoms with Gasteiger partial charge in [0.05, 0.1) is 17.0 Å². The number of benzene rings is 1. The Kier molecular flexibility index (Phi) is 5.84. The van der Waals surface area contributed by atoms with E-state index in [1.165, 1.54) is 6.20 Å². The maximum absolute atomic E-state index is 15.3. The molecule has 1 saturated carbocycles. The topological polar surface area (TPSA) is 109 Å². The van der Waals surface area contributed by atoms with Gasteiger partial charge in [0.2, 0.25) is 5.88 Å². The molecule has 8 nitrogen and oxygen atoms in total. The van der Waals surface area contributed by atoms with Gasteiger partial charge in [0.25, 0.3) is 0 Å². The molecule has 1 aromatic carbocycles. The van der Waals surface area contributed by atoms with Crippen molar-refractivity contribution < 1.29 is 18.7 Å². The van der Waals surface area contributed by atoms with Crippen LogP contribution in [-0.2, 0) is 4.74 Å². The summed E-state index contributed by atoms with van der Waals surface area (Å²) in [5.74, 6) is -0.169. The van der Waals surface area contributed by atoms with E-state index in [0.29, 0.717) is 48.2 Å². The molecule has 2 atom stereocenters. The molecular weight excluding hydrogens is 461 g/mol. The van der Waals surface area contributed by atoms with Crippen LogP contribution in [-0.4, -0.2) is 35.3 Å². The molecule has 174 valence electrons. The lowest BCUT2D eigenvalue weighted by Gasteiger charge is -2.22. The molecule has 5 rings (SSSR count). The number of nitrogens with one attached hydrogen (secondary N) is 2. The molecule has 3 heterocycles. The molecule has 1 fully saturated rings. The number of hydrogen-bond acceptors (Lipinski definition) is 7. The van der Waals surface area contributed by atoms with Crippen molar-refractivity contribution >= 4 is 40.0 Å². The number of carbonyl (C=O) groups excluding carboxylic acids is 1. The van der Waals surface area contributed by atoms with Crippen molar-refractivity contribution in [2.45, 2.75) is 32.3 Å². The van der Waals surface area contributed by atoms with Gasteiger partial charge in [0.15, 0.2) is 0 Å². The monoisotopic (exact) mass is 481 g/mol. The number of fused-ring (bicyclic) bond motifs is 2. The molecule has 0 radical (unpaired) electrons. The van der Waals surface area contributed by atoms with Gasteiger partial charge in [0, 0.05) is 35.5 Å². The molecule has 1 amide bonds. The van der Waals surface area contributed by atoms with Crippen LogP contribution < -0.4 is 15.4 Å². The Morgan fingerprint density at radius 2 is 2.18 bits per heavy atom. The second-order valence-corrected chi connectivity index (χ2v) is 8.71. The van der Waals surface area contributed by atoms with Crippen molar-refractivity contribution in [1.29, 1.82) is 5.26 Å². The number of pyridine rings is 2. The first-order valence-corrected chi connectivity index (χ1v) is 11.4. The highest BCUT2D eigenvalue weighted by molar-refractivity contribution is 6.36. The van der Waals surface area contributed by atoms with Gasteiger partial charge in [-0.25, -0.2) is 19.2 Å². The van der Waals surface area contributed by atoms with Crippen molar-refractivity contribution in [1.82, 2.24) is 9.97 Å². The molecule has 2 aliphatic rings. The molecule has 2 unspecified atom stereocenters. The Hall–Kier alpha value is -3.64. The van der Waals surface area contributed by atoms with E-state index in [1.807, 2.05) is 6.92 Å². The summed E-state index contributed by atoms with van der Waals surface area (Å²) in [6.45, 7) is 3.01. The zero-order valence-electron chi connectivity index (χ0n) is 18.3. The highest BCUT2D eigenvalue weighted by atomic mass is 35.5. The average molecular weight is 482 g/mol. The zero-order valence-corrected chi connectivity index (χ0v) is 19.1. The molecule has 10 heteroatoms. The summed E-state index contributed by atoms with van der Waals surface area (Å²) in [7, 11) is 0. The summed E-state index contributed by atoms with van der Waals surface area (Å²) in [5.41, 5.74) is 2.37. The van der Waals surface area contributed by atoms with Crippen LogP contribution in [0.2, 0.25) is 5.02 Å². The van der Waals surface area contributed by atoms with Crippen molar-refractivity contribution in [3.05, 3.63) is 40.9 Å². The summed E-state index contributed by atoms with van der Waals surface area (Å²) < 4.78 is 26.3. The molecule has 1 aliphatic carbocycles. The zero-order chi connectivity index (χ0) is 23.8. The SMILES string of the molecule is Cc1c(-c2cc3cc(NC(=O)OC4CCCC4C#N)ncc3c(Cl)c2F)cnc2c1NCCO2. The van der Waals surface area contributed by atoms with Gasteiger partial charge < -0.3 is 14.8 Å². The van der Waals surface area contributed by atoms with Gasteiger partial charge in [-0.15, -0.1) is 0 Å². The van der Waals surface area contributed by atoms with Gasteiger partial charge in [-0.3, -0.25) is 5.32 Å². The number of nitrogens with zero attached hydrogens (tertiary/aromatic N) is 3. The maximum Gasteiger partial charge on any atom is 0.413 e. The first-order valence-electron chi connectivity index (χ1n) is 11.0. The first kappa shape index (κ1) is 22.2. The number of nitriles is 1. The summed E-state index contributed by atoms with van der Waals surface area (Å²) >= 11 is 6.36. The largest absolute Gasteiger partial charge is 0.474 e. The van der Waals surface area contributed by atoms with Crippen LogP contribution in [0.1, 0.15) is 24.8 Å². The van der Waals surface area contributed by atoms with E-state index >= 15 is 4.39 Å². The quantitative estimate of drug-likeness (QED) is 0.512. The Labute approximate surface area is 200 Å². The predicted molar refractivity (Wildman–Crippen MR) is 126 cm³/mol. The molecule has 0 saturated heterocycles. The number of carbonyl (C=O) groups is 1. The molecular formula is C24H21ClFN5O3. The van der Waals surface area contributed by atoms with Crippen LogP contribution >= 0.6 is 11.6 Å². The van der Waals surface area contributed by atoms with Crippen LogP contribution in [0.5, 0.6) is 5.88 Å². The van der Waals surface area contributed by atoms with Crippen molar-refractivity contribution in [2.24, 2.45) is 5.92 Å². The van der Waals surface area contributed by atoms with Gasteiger partial charge in [-0.05, 0) is 49.3 Å². The average Bonchev–Trinajstić information content (AvgIpc) is 3.29. The third-order valence-electron chi connectivity index (χ3n) is 6.24. The fraction of sp³-hybridized carbons (Fsp3) is 0.333. The normalized spacial score (nSPS) is 19.0. The summed E-state index contributed by atoms with van der Waals surface area (Å²) in [6.07, 6.45) is 4.06. The van der Waals surface area contributed by atoms with E-state index < -0.39 is 18.0 Å². The second-order valence-electron chi connectivity index (χ2n) is 8.33. The molecule has 2 aromatic heterocycles. The molecule has 0 spiro atoms. The highest BCUT2D eigenvalue weighted by Gasteiger charge is 2.30. The van der Waals surface area contributed by atoms with Gasteiger partial charge in [0.1, 0.15) is 30.0 Å². The minimum Gasteiger partial charge on any atom is -0.474 e. The Morgan fingerprint density at radius 1 is 1.32 bits per heavy atom. The molecule has 0 bridgehead atoms. The van der Waals surface area contributed by atoms with Crippen molar-refractivity contribution in [3.8, 4) is 23.1 Å². The smallest absolute Gasteiger partial charge is 0.413 e. The third kappa shape index (κ3) is 3.94. The Bertz CT molecular complexity index is 1340. The van der Waals surface area contributed by atoms with Gasteiger partial charge in [-0.2, -0.15) is 5.26 Å². The second kappa shape index (κ2) is 8.95. The number of ether oxygens (including phenoxy) is 2. The number of halogens is 2. The van der Waals surface area contributed by atoms with E-state index in [0.717, 1.165) is 17.7 Å². The van der Waals surface area contributed by atoms with Crippen LogP contribution in [0.4, 0.5) is 20.7 Å². The number of amides is 1. The Morgan fingerprint density at radius 3 is 3.00 bits per heavy atom. The number of rotatable bonds is 3. The van der Waals surface area contributed by atoms with Crippen LogP contribution in [0.15, 0.2) is 24.5 Å². The van der Waals surface area contributed by atoms with Crippen LogP contribution in [0.25, 0.3) is 21.9 Å². The van der Waals surface area contributed by atoms with Crippen LogP contribution in [0, 0.1) is 30.0 Å². The lowest BCUT2D eigenvalue weighted by Crippen LogP contribution is -2.25. The van der Waals surface area contributed by atoms with E-state index in [9.17, 15) is 10.1 Å². The lowest BCUT2D eigenvalue weighted by molar-refractivity contribution is 0.0999. The first-order chi connectivity index (χ1) is 16.5. The maximum atomic E-state index is 15.3.